The molecular weight excluding hydrogens is 462 g/mol. The van der Waals surface area contributed by atoms with Crippen LogP contribution in [0.25, 0.3) is 22.3 Å². The average molecular weight is 484 g/mol. The van der Waals surface area contributed by atoms with Crippen LogP contribution in [-0.2, 0) is 17.0 Å². The van der Waals surface area contributed by atoms with Crippen molar-refractivity contribution in [3.63, 3.8) is 0 Å². The summed E-state index contributed by atoms with van der Waals surface area (Å²) in [5.41, 5.74) is 1.35. The van der Waals surface area contributed by atoms with E-state index in [1.807, 2.05) is 24.3 Å². The van der Waals surface area contributed by atoms with Gasteiger partial charge in [0.2, 0.25) is 0 Å². The maximum absolute atomic E-state index is 12.5. The number of fused-ring (bicyclic) bond motifs is 1. The summed E-state index contributed by atoms with van der Waals surface area (Å²) in [5.74, 6) is 2.56. The fraction of sp³-hybridized carbons (Fsp3) is 0.304. The van der Waals surface area contributed by atoms with Gasteiger partial charge in [0.15, 0.2) is 11.0 Å². The number of methoxy groups -OCH3 is 1. The highest BCUT2D eigenvalue weighted by molar-refractivity contribution is 7.98. The standard InChI is InChI=1S/C23H22ClN5O3S/c1-31-16-7-4-14(5-8-16)21-27-28-23(29(21)12-17-3-2-10-32-17)33-13-20-25-19-9-6-15(24)11-18(19)22(30)26-20/h4-9,11,17H,2-3,10,12-13H2,1H3,(H,25,26,30). The molecule has 1 aliphatic rings. The number of rotatable bonds is 7. The van der Waals surface area contributed by atoms with Crippen molar-refractivity contribution in [1.82, 2.24) is 24.7 Å². The van der Waals surface area contributed by atoms with Crippen LogP contribution in [0.5, 0.6) is 5.75 Å². The number of nitrogens with one attached hydrogen (secondary N) is 1. The third kappa shape index (κ3) is 4.75. The van der Waals surface area contributed by atoms with Crippen molar-refractivity contribution in [3.05, 3.63) is 63.7 Å². The normalized spacial score (nSPS) is 15.9. The van der Waals surface area contributed by atoms with Gasteiger partial charge in [0.1, 0.15) is 11.6 Å². The molecule has 1 aliphatic heterocycles. The molecule has 1 unspecified atom stereocenters. The van der Waals surface area contributed by atoms with Crippen LogP contribution in [0.3, 0.4) is 0 Å². The first-order valence-electron chi connectivity index (χ1n) is 10.6. The van der Waals surface area contributed by atoms with Crippen molar-refractivity contribution < 1.29 is 9.47 Å². The number of ether oxygens (including phenoxy) is 2. The largest absolute Gasteiger partial charge is 0.497 e. The van der Waals surface area contributed by atoms with E-state index in [1.54, 1.807) is 25.3 Å². The number of hydrogen-bond acceptors (Lipinski definition) is 7. The smallest absolute Gasteiger partial charge is 0.258 e. The van der Waals surface area contributed by atoms with E-state index in [0.29, 0.717) is 34.0 Å². The minimum Gasteiger partial charge on any atom is -0.497 e. The maximum atomic E-state index is 12.5. The van der Waals surface area contributed by atoms with Gasteiger partial charge in [-0.15, -0.1) is 10.2 Å². The number of hydrogen-bond donors (Lipinski definition) is 1. The molecule has 8 nitrogen and oxygen atoms in total. The monoisotopic (exact) mass is 483 g/mol. The fourth-order valence-corrected chi connectivity index (χ4v) is 4.86. The first kappa shape index (κ1) is 21.9. The van der Waals surface area contributed by atoms with Crippen LogP contribution in [0.1, 0.15) is 18.7 Å². The molecule has 0 spiro atoms. The topological polar surface area (TPSA) is 94.9 Å². The van der Waals surface area contributed by atoms with E-state index in [2.05, 4.69) is 24.7 Å². The van der Waals surface area contributed by atoms with E-state index in [1.165, 1.54) is 11.8 Å². The molecule has 2 aromatic heterocycles. The van der Waals surface area contributed by atoms with Crippen LogP contribution in [0.2, 0.25) is 5.02 Å². The Kier molecular flexibility index (Phi) is 6.34. The summed E-state index contributed by atoms with van der Waals surface area (Å²) in [6, 6.07) is 12.9. The number of benzene rings is 2. The highest BCUT2D eigenvalue weighted by Gasteiger charge is 2.22. The Labute approximate surface area is 199 Å². The van der Waals surface area contributed by atoms with Gasteiger partial charge in [-0.05, 0) is 55.3 Å². The molecule has 0 bridgehead atoms. The summed E-state index contributed by atoms with van der Waals surface area (Å²) >= 11 is 7.49. The number of thioether (sulfide) groups is 1. The van der Waals surface area contributed by atoms with Crippen molar-refractivity contribution >= 4 is 34.3 Å². The second-order valence-corrected chi connectivity index (χ2v) is 9.12. The molecule has 33 heavy (non-hydrogen) atoms. The zero-order valence-electron chi connectivity index (χ0n) is 18.0. The fourth-order valence-electron chi connectivity index (χ4n) is 3.87. The van der Waals surface area contributed by atoms with Crippen LogP contribution in [0.4, 0.5) is 0 Å². The molecule has 2 aromatic carbocycles. The van der Waals surface area contributed by atoms with E-state index >= 15 is 0 Å². The van der Waals surface area contributed by atoms with Crippen molar-refractivity contribution in [3.8, 4) is 17.1 Å². The molecule has 170 valence electrons. The Morgan fingerprint density at radius 3 is 2.85 bits per heavy atom. The quantitative estimate of drug-likeness (QED) is 0.391. The number of aromatic nitrogens is 5. The summed E-state index contributed by atoms with van der Waals surface area (Å²) in [6.45, 7) is 1.44. The Bertz CT molecular complexity index is 1330. The highest BCUT2D eigenvalue weighted by atomic mass is 35.5. The molecule has 3 heterocycles. The van der Waals surface area contributed by atoms with Gasteiger partial charge in [0.25, 0.3) is 5.56 Å². The molecule has 0 saturated carbocycles. The molecule has 1 N–H and O–H groups in total. The van der Waals surface area contributed by atoms with Crippen molar-refractivity contribution in [2.75, 3.05) is 13.7 Å². The molecule has 4 aromatic rings. The predicted octanol–water partition coefficient (Wildman–Crippen LogP) is 4.31. The molecule has 1 saturated heterocycles. The van der Waals surface area contributed by atoms with Crippen LogP contribution in [-0.4, -0.2) is 44.6 Å². The van der Waals surface area contributed by atoms with Crippen LogP contribution in [0, 0.1) is 0 Å². The maximum Gasteiger partial charge on any atom is 0.258 e. The lowest BCUT2D eigenvalue weighted by Crippen LogP contribution is -2.17. The van der Waals surface area contributed by atoms with E-state index < -0.39 is 0 Å². The lowest BCUT2D eigenvalue weighted by Gasteiger charge is -2.15. The third-order valence-corrected chi connectivity index (χ3v) is 6.74. The molecule has 0 aliphatic carbocycles. The number of aromatic amines is 1. The van der Waals surface area contributed by atoms with Crippen LogP contribution < -0.4 is 10.3 Å². The van der Waals surface area contributed by atoms with E-state index in [-0.39, 0.29) is 11.7 Å². The zero-order chi connectivity index (χ0) is 22.8. The van der Waals surface area contributed by atoms with Gasteiger partial charge < -0.3 is 14.5 Å². The first-order valence-corrected chi connectivity index (χ1v) is 12.0. The molecule has 0 amide bonds. The van der Waals surface area contributed by atoms with Gasteiger partial charge in [0.05, 0.1) is 36.4 Å². The van der Waals surface area contributed by atoms with Gasteiger partial charge >= 0.3 is 0 Å². The van der Waals surface area contributed by atoms with Gasteiger partial charge in [0, 0.05) is 17.2 Å². The second-order valence-electron chi connectivity index (χ2n) is 7.74. The van der Waals surface area contributed by atoms with Gasteiger partial charge in [-0.3, -0.25) is 9.36 Å². The molecular formula is C23H22ClN5O3S. The minimum absolute atomic E-state index is 0.126. The Balaban J connectivity index is 1.43. The van der Waals surface area contributed by atoms with Gasteiger partial charge in [-0.1, -0.05) is 23.4 Å². The summed E-state index contributed by atoms with van der Waals surface area (Å²) in [5, 5.41) is 10.6. The second kappa shape index (κ2) is 9.54. The third-order valence-electron chi connectivity index (χ3n) is 5.53. The Morgan fingerprint density at radius 2 is 2.09 bits per heavy atom. The van der Waals surface area contributed by atoms with Gasteiger partial charge in [-0.25, -0.2) is 4.98 Å². The van der Waals surface area contributed by atoms with E-state index in [4.69, 9.17) is 21.1 Å². The number of nitrogens with zero attached hydrogens (tertiary/aromatic N) is 4. The van der Waals surface area contributed by atoms with Crippen molar-refractivity contribution in [2.45, 2.75) is 36.4 Å². The molecule has 1 atom stereocenters. The van der Waals surface area contributed by atoms with E-state index in [9.17, 15) is 4.79 Å². The summed E-state index contributed by atoms with van der Waals surface area (Å²) in [4.78, 5) is 19.9. The lowest BCUT2D eigenvalue weighted by atomic mass is 10.2. The average Bonchev–Trinajstić information content (AvgIpc) is 3.49. The lowest BCUT2D eigenvalue weighted by molar-refractivity contribution is 0.0953. The van der Waals surface area contributed by atoms with Crippen molar-refractivity contribution in [1.29, 1.82) is 0 Å². The van der Waals surface area contributed by atoms with Crippen molar-refractivity contribution in [2.24, 2.45) is 0 Å². The number of H-pyrrole nitrogens is 1. The SMILES string of the molecule is COc1ccc(-c2nnc(SCc3nc4ccc(Cl)cc4c(=O)[nH]3)n2CC2CCCO2)cc1. The Morgan fingerprint density at radius 1 is 1.24 bits per heavy atom. The molecule has 1 fully saturated rings. The molecule has 0 radical (unpaired) electrons. The summed E-state index contributed by atoms with van der Waals surface area (Å²) in [7, 11) is 1.64. The van der Waals surface area contributed by atoms with Crippen LogP contribution in [0.15, 0.2) is 52.4 Å². The molecule has 5 rings (SSSR count). The van der Waals surface area contributed by atoms with E-state index in [0.717, 1.165) is 41.7 Å². The summed E-state index contributed by atoms with van der Waals surface area (Å²) in [6.07, 6.45) is 2.19. The number of halogens is 1. The van der Waals surface area contributed by atoms with Gasteiger partial charge in [-0.2, -0.15) is 0 Å². The molecule has 10 heteroatoms. The highest BCUT2D eigenvalue weighted by Crippen LogP contribution is 2.29. The minimum atomic E-state index is -0.210. The first-order chi connectivity index (χ1) is 16.1. The predicted molar refractivity (Wildman–Crippen MR) is 128 cm³/mol. The summed E-state index contributed by atoms with van der Waals surface area (Å²) < 4.78 is 13.2. The zero-order valence-corrected chi connectivity index (χ0v) is 19.5. The Hall–Kier alpha value is -2.88. The van der Waals surface area contributed by atoms with Crippen LogP contribution >= 0.6 is 23.4 Å².